The molecule has 3 atom stereocenters. The van der Waals surface area contributed by atoms with E-state index in [1.807, 2.05) is 18.2 Å². The summed E-state index contributed by atoms with van der Waals surface area (Å²) in [6.07, 6.45) is 2.88. The van der Waals surface area contributed by atoms with Crippen LogP contribution in [0.15, 0.2) is 35.5 Å². The molecular formula is C19H25N3O4. The van der Waals surface area contributed by atoms with Gasteiger partial charge in [0.15, 0.2) is 0 Å². The molecular weight excluding hydrogens is 334 g/mol. The zero-order chi connectivity index (χ0) is 18.6. The number of rotatable bonds is 7. The Balaban J connectivity index is 1.65. The molecule has 2 aliphatic rings. The third-order valence-corrected chi connectivity index (χ3v) is 4.76. The fourth-order valence-electron chi connectivity index (χ4n) is 3.41. The second-order valence-corrected chi connectivity index (χ2v) is 6.70. The van der Waals surface area contributed by atoms with Crippen molar-refractivity contribution in [1.29, 1.82) is 0 Å². The number of nitrogens with one attached hydrogen (secondary N) is 2. The zero-order valence-corrected chi connectivity index (χ0v) is 15.2. The van der Waals surface area contributed by atoms with E-state index in [1.165, 1.54) is 0 Å². The number of anilines is 1. The topological polar surface area (TPSA) is 89.0 Å². The number of ether oxygens (including phenoxy) is 1. The number of nitrogens with zero attached hydrogens (tertiary/aromatic N) is 1. The molecule has 0 bridgehead atoms. The number of carbonyl (C=O) groups excluding carboxylic acids is 2. The van der Waals surface area contributed by atoms with Crippen molar-refractivity contribution in [1.82, 2.24) is 5.32 Å². The summed E-state index contributed by atoms with van der Waals surface area (Å²) in [6, 6.07) is 8.66. The average Bonchev–Trinajstić information content (AvgIpc) is 3.16. The molecule has 1 aliphatic carbocycles. The molecule has 1 saturated carbocycles. The average molecular weight is 359 g/mol. The molecule has 140 valence electrons. The lowest BCUT2D eigenvalue weighted by Crippen LogP contribution is -2.49. The number of amides is 2. The van der Waals surface area contributed by atoms with E-state index in [0.717, 1.165) is 18.6 Å². The molecule has 26 heavy (non-hydrogen) atoms. The molecule has 1 aliphatic heterocycles. The highest BCUT2D eigenvalue weighted by Crippen LogP contribution is 2.50. The minimum absolute atomic E-state index is 0.138. The van der Waals surface area contributed by atoms with Crippen LogP contribution in [0.25, 0.3) is 0 Å². The van der Waals surface area contributed by atoms with E-state index in [-0.39, 0.29) is 18.6 Å². The molecule has 2 N–H and O–H groups in total. The molecule has 1 aromatic carbocycles. The summed E-state index contributed by atoms with van der Waals surface area (Å²) in [5, 5.41) is 9.69. The summed E-state index contributed by atoms with van der Waals surface area (Å²) in [5.74, 6) is -0.554. The highest BCUT2D eigenvalue weighted by Gasteiger charge is 2.66. The van der Waals surface area contributed by atoms with Crippen LogP contribution < -0.4 is 10.6 Å². The summed E-state index contributed by atoms with van der Waals surface area (Å²) < 4.78 is 5.21. The Labute approximate surface area is 153 Å². The monoisotopic (exact) mass is 359 g/mol. The van der Waals surface area contributed by atoms with Gasteiger partial charge in [0, 0.05) is 18.0 Å². The van der Waals surface area contributed by atoms with Gasteiger partial charge in [0.2, 0.25) is 0 Å². The molecule has 0 radical (unpaired) electrons. The van der Waals surface area contributed by atoms with Gasteiger partial charge in [0.25, 0.3) is 0 Å². The predicted molar refractivity (Wildman–Crippen MR) is 97.9 cm³/mol. The summed E-state index contributed by atoms with van der Waals surface area (Å²) in [6.45, 7) is 4.10. The van der Waals surface area contributed by atoms with Gasteiger partial charge in [-0.1, -0.05) is 36.7 Å². The summed E-state index contributed by atoms with van der Waals surface area (Å²) >= 11 is 0. The minimum Gasteiger partial charge on any atom is -0.464 e. The number of benzene rings is 1. The van der Waals surface area contributed by atoms with Gasteiger partial charge in [-0.3, -0.25) is 0 Å². The van der Waals surface area contributed by atoms with Gasteiger partial charge in [-0.05, 0) is 31.9 Å². The first kappa shape index (κ1) is 18.2. The van der Waals surface area contributed by atoms with Gasteiger partial charge in [-0.15, -0.1) is 0 Å². The number of para-hydroxylation sites is 1. The Bertz CT molecular complexity index is 691. The molecule has 1 aromatic rings. The second kappa shape index (κ2) is 7.76. The van der Waals surface area contributed by atoms with Gasteiger partial charge in [-0.2, -0.15) is 0 Å². The van der Waals surface area contributed by atoms with Crippen molar-refractivity contribution in [3.63, 3.8) is 0 Å². The highest BCUT2D eigenvalue weighted by molar-refractivity contribution is 5.96. The number of hydrogen-bond donors (Lipinski definition) is 2. The number of carbonyl (C=O) groups is 2. The van der Waals surface area contributed by atoms with E-state index in [0.29, 0.717) is 18.5 Å². The van der Waals surface area contributed by atoms with Crippen molar-refractivity contribution < 1.29 is 19.2 Å². The summed E-state index contributed by atoms with van der Waals surface area (Å²) in [5.41, 5.74) is 0.624. The van der Waals surface area contributed by atoms with Crippen LogP contribution in [0.5, 0.6) is 0 Å². The molecule has 1 fully saturated rings. The van der Waals surface area contributed by atoms with Gasteiger partial charge in [0.05, 0.1) is 12.3 Å². The lowest BCUT2D eigenvalue weighted by molar-refractivity contribution is -0.147. The van der Waals surface area contributed by atoms with Crippen molar-refractivity contribution >= 4 is 23.4 Å². The van der Waals surface area contributed by atoms with Gasteiger partial charge < -0.3 is 20.2 Å². The lowest BCUT2D eigenvalue weighted by atomic mass is 10.0. The molecule has 2 amide bonds. The number of hydrogen-bond acceptors (Lipinski definition) is 5. The van der Waals surface area contributed by atoms with Crippen LogP contribution in [0.3, 0.4) is 0 Å². The first-order valence-corrected chi connectivity index (χ1v) is 9.12. The molecule has 1 heterocycles. The number of oxime groups is 1. The van der Waals surface area contributed by atoms with Crippen LogP contribution in [-0.2, 0) is 14.4 Å². The maximum atomic E-state index is 12.5. The quantitative estimate of drug-likeness (QED) is 0.732. The van der Waals surface area contributed by atoms with Gasteiger partial charge >= 0.3 is 12.0 Å². The fraction of sp³-hybridized carbons (Fsp3) is 0.526. The molecule has 3 rings (SSSR count). The van der Waals surface area contributed by atoms with Crippen molar-refractivity contribution in [2.45, 2.75) is 51.2 Å². The third-order valence-electron chi connectivity index (χ3n) is 4.76. The predicted octanol–water partition coefficient (Wildman–Crippen LogP) is 3.07. The van der Waals surface area contributed by atoms with E-state index in [2.05, 4.69) is 22.7 Å². The zero-order valence-electron chi connectivity index (χ0n) is 15.2. The Morgan fingerprint density at radius 2 is 2.08 bits per heavy atom. The Morgan fingerprint density at radius 1 is 1.31 bits per heavy atom. The van der Waals surface area contributed by atoms with Gasteiger partial charge in [0.1, 0.15) is 11.6 Å². The van der Waals surface area contributed by atoms with Crippen LogP contribution >= 0.6 is 0 Å². The van der Waals surface area contributed by atoms with Gasteiger partial charge in [-0.25, -0.2) is 9.59 Å². The minimum atomic E-state index is -1.04. The van der Waals surface area contributed by atoms with Crippen molar-refractivity contribution in [2.24, 2.45) is 11.1 Å². The van der Waals surface area contributed by atoms with Crippen LogP contribution in [0, 0.1) is 5.92 Å². The number of urea groups is 1. The molecule has 7 heteroatoms. The molecule has 0 aromatic heterocycles. The molecule has 0 unspecified atom stereocenters. The Hall–Kier alpha value is -2.57. The smallest absolute Gasteiger partial charge is 0.332 e. The van der Waals surface area contributed by atoms with Crippen LogP contribution in [0.1, 0.15) is 39.5 Å². The van der Waals surface area contributed by atoms with Crippen LogP contribution in [0.4, 0.5) is 10.5 Å². The summed E-state index contributed by atoms with van der Waals surface area (Å²) in [4.78, 5) is 30.5. The maximum Gasteiger partial charge on any atom is 0.332 e. The van der Waals surface area contributed by atoms with Crippen molar-refractivity contribution in [3.8, 4) is 0 Å². The van der Waals surface area contributed by atoms with Crippen molar-refractivity contribution in [2.75, 3.05) is 11.9 Å². The SMILES string of the molecule is CCCC1=NO[C@H]([C@@H]2C[C@]2(NC(=O)Nc2ccccc2)C(=O)OCC)C1. The fourth-order valence-corrected chi connectivity index (χ4v) is 3.41. The largest absolute Gasteiger partial charge is 0.464 e. The molecule has 0 spiro atoms. The van der Waals surface area contributed by atoms with E-state index in [4.69, 9.17) is 9.57 Å². The standard InChI is InChI=1S/C19H25N3O4/c1-3-8-14-11-16(26-22-14)15-12-19(15,17(23)25-4-2)21-18(24)20-13-9-6-5-7-10-13/h5-7,9-10,15-16H,3-4,8,11-12H2,1-2H3,(H2,20,21,24)/t15-,16-,19+/m0/s1. The molecule has 7 nitrogen and oxygen atoms in total. The first-order chi connectivity index (χ1) is 12.6. The summed E-state index contributed by atoms with van der Waals surface area (Å²) in [7, 11) is 0. The lowest BCUT2D eigenvalue weighted by Gasteiger charge is -2.20. The Kier molecular flexibility index (Phi) is 5.44. The highest BCUT2D eigenvalue weighted by atomic mass is 16.6. The normalized spacial score (nSPS) is 26.5. The third kappa shape index (κ3) is 3.81. The number of esters is 1. The van der Waals surface area contributed by atoms with E-state index in [1.54, 1.807) is 19.1 Å². The van der Waals surface area contributed by atoms with Crippen LogP contribution in [0.2, 0.25) is 0 Å². The van der Waals surface area contributed by atoms with Crippen molar-refractivity contribution in [3.05, 3.63) is 30.3 Å². The van der Waals surface area contributed by atoms with E-state index in [9.17, 15) is 9.59 Å². The van der Waals surface area contributed by atoms with E-state index >= 15 is 0 Å². The van der Waals surface area contributed by atoms with E-state index < -0.39 is 17.5 Å². The molecule has 0 saturated heterocycles. The second-order valence-electron chi connectivity index (χ2n) is 6.70. The first-order valence-electron chi connectivity index (χ1n) is 9.12. The van der Waals surface area contributed by atoms with Crippen LogP contribution in [-0.4, -0.2) is 36.0 Å². The Morgan fingerprint density at radius 3 is 2.77 bits per heavy atom. The maximum absolute atomic E-state index is 12.5.